The highest BCUT2D eigenvalue weighted by atomic mass is 16.4. The minimum Gasteiger partial charge on any atom is -0.481 e. The van der Waals surface area contributed by atoms with Gasteiger partial charge in [-0.25, -0.2) is 0 Å². The van der Waals surface area contributed by atoms with E-state index in [1.807, 2.05) is 0 Å². The molecule has 18 heavy (non-hydrogen) atoms. The van der Waals surface area contributed by atoms with Gasteiger partial charge in [0.1, 0.15) is 0 Å². The van der Waals surface area contributed by atoms with Crippen molar-refractivity contribution in [3.8, 4) is 12.3 Å². The molecule has 0 aromatic carbocycles. The first-order chi connectivity index (χ1) is 8.61. The standard InChI is InChI=1S/C14H19NO3/c1-2-7-15(9-10-3-4-10)13(16)11-5-6-12(8-11)14(17)18/h1,10-12H,3-9H2,(H,17,18)/t11-,12+/m1/s1. The molecule has 0 saturated heterocycles. The topological polar surface area (TPSA) is 57.6 Å². The Bertz CT molecular complexity index is 381. The first kappa shape index (κ1) is 12.9. The lowest BCUT2D eigenvalue weighted by Crippen LogP contribution is -2.37. The summed E-state index contributed by atoms with van der Waals surface area (Å²) in [7, 11) is 0. The molecule has 0 unspecified atom stereocenters. The zero-order chi connectivity index (χ0) is 13.1. The fourth-order valence-electron chi connectivity index (χ4n) is 2.64. The molecule has 4 nitrogen and oxygen atoms in total. The Morgan fingerprint density at radius 2 is 1.89 bits per heavy atom. The Labute approximate surface area is 107 Å². The summed E-state index contributed by atoms with van der Waals surface area (Å²) in [6.45, 7) is 1.10. The second-order valence-electron chi connectivity index (χ2n) is 5.41. The van der Waals surface area contributed by atoms with E-state index >= 15 is 0 Å². The van der Waals surface area contributed by atoms with Crippen molar-refractivity contribution >= 4 is 11.9 Å². The third-order valence-corrected chi connectivity index (χ3v) is 3.90. The third kappa shape index (κ3) is 3.04. The zero-order valence-electron chi connectivity index (χ0n) is 10.5. The molecule has 2 rings (SSSR count). The number of aliphatic carboxylic acids is 1. The van der Waals surface area contributed by atoms with E-state index in [1.54, 1.807) is 4.90 Å². The number of hydrogen-bond acceptors (Lipinski definition) is 2. The smallest absolute Gasteiger partial charge is 0.306 e. The van der Waals surface area contributed by atoms with Gasteiger partial charge in [0.05, 0.1) is 12.5 Å². The van der Waals surface area contributed by atoms with Gasteiger partial charge in [0.2, 0.25) is 5.91 Å². The largest absolute Gasteiger partial charge is 0.481 e. The van der Waals surface area contributed by atoms with Crippen LogP contribution in [0, 0.1) is 30.1 Å². The number of carboxylic acids is 1. The molecule has 2 fully saturated rings. The van der Waals surface area contributed by atoms with Gasteiger partial charge in [0.25, 0.3) is 0 Å². The van der Waals surface area contributed by atoms with Crippen LogP contribution in [0.15, 0.2) is 0 Å². The molecule has 98 valence electrons. The van der Waals surface area contributed by atoms with E-state index in [-0.39, 0.29) is 17.7 Å². The van der Waals surface area contributed by atoms with Gasteiger partial charge >= 0.3 is 5.97 Å². The summed E-state index contributed by atoms with van der Waals surface area (Å²) >= 11 is 0. The van der Waals surface area contributed by atoms with E-state index in [9.17, 15) is 9.59 Å². The Morgan fingerprint density at radius 3 is 2.39 bits per heavy atom. The van der Waals surface area contributed by atoms with Crippen molar-refractivity contribution in [2.45, 2.75) is 32.1 Å². The van der Waals surface area contributed by atoms with Gasteiger partial charge in [-0.1, -0.05) is 5.92 Å². The van der Waals surface area contributed by atoms with Gasteiger partial charge in [-0.2, -0.15) is 0 Å². The number of rotatable bonds is 5. The van der Waals surface area contributed by atoms with Crippen LogP contribution in [0.1, 0.15) is 32.1 Å². The van der Waals surface area contributed by atoms with Crippen molar-refractivity contribution in [2.24, 2.45) is 17.8 Å². The fraction of sp³-hybridized carbons (Fsp3) is 0.714. The van der Waals surface area contributed by atoms with Crippen LogP contribution in [0.2, 0.25) is 0 Å². The molecule has 4 heteroatoms. The molecule has 2 atom stereocenters. The molecule has 1 N–H and O–H groups in total. The second-order valence-corrected chi connectivity index (χ2v) is 5.41. The molecule has 1 amide bonds. The number of terminal acetylenes is 1. The van der Waals surface area contributed by atoms with Crippen molar-refractivity contribution in [1.29, 1.82) is 0 Å². The van der Waals surface area contributed by atoms with Crippen molar-refractivity contribution in [3.63, 3.8) is 0 Å². The number of hydrogen-bond donors (Lipinski definition) is 1. The summed E-state index contributed by atoms with van der Waals surface area (Å²) in [5, 5.41) is 8.95. The number of carbonyl (C=O) groups is 2. The molecular weight excluding hydrogens is 230 g/mol. The number of amides is 1. The predicted molar refractivity (Wildman–Crippen MR) is 66.6 cm³/mol. The monoisotopic (exact) mass is 249 g/mol. The minimum atomic E-state index is -0.781. The molecule has 2 saturated carbocycles. The van der Waals surface area contributed by atoms with E-state index in [0.29, 0.717) is 31.7 Å². The SMILES string of the molecule is C#CCN(CC1CC1)C(=O)[C@@H]1CC[C@H](C(=O)O)C1. The van der Waals surface area contributed by atoms with Crippen LogP contribution in [-0.2, 0) is 9.59 Å². The first-order valence-corrected chi connectivity index (χ1v) is 6.57. The van der Waals surface area contributed by atoms with Gasteiger partial charge in [-0.05, 0) is 38.0 Å². The normalized spacial score (nSPS) is 26.6. The predicted octanol–water partition coefficient (Wildman–Crippen LogP) is 1.36. The van der Waals surface area contributed by atoms with Crippen molar-refractivity contribution in [2.75, 3.05) is 13.1 Å². The van der Waals surface area contributed by atoms with E-state index in [1.165, 1.54) is 12.8 Å². The Kier molecular flexibility index (Phi) is 3.90. The van der Waals surface area contributed by atoms with Crippen LogP contribution in [0.25, 0.3) is 0 Å². The van der Waals surface area contributed by atoms with Gasteiger partial charge < -0.3 is 10.0 Å². The van der Waals surface area contributed by atoms with E-state index < -0.39 is 5.97 Å². The fourth-order valence-corrected chi connectivity index (χ4v) is 2.64. The molecule has 0 aromatic heterocycles. The lowest BCUT2D eigenvalue weighted by Gasteiger charge is -2.23. The van der Waals surface area contributed by atoms with Crippen molar-refractivity contribution in [3.05, 3.63) is 0 Å². The van der Waals surface area contributed by atoms with Crippen LogP contribution < -0.4 is 0 Å². The molecule has 0 aliphatic heterocycles. The molecule has 0 radical (unpaired) electrons. The van der Waals surface area contributed by atoms with Crippen LogP contribution >= 0.6 is 0 Å². The van der Waals surface area contributed by atoms with Gasteiger partial charge in [-0.3, -0.25) is 9.59 Å². The van der Waals surface area contributed by atoms with Gasteiger partial charge in [0.15, 0.2) is 0 Å². The van der Waals surface area contributed by atoms with Crippen LogP contribution in [0.3, 0.4) is 0 Å². The molecule has 2 aliphatic carbocycles. The summed E-state index contributed by atoms with van der Waals surface area (Å²) in [5.41, 5.74) is 0. The Hall–Kier alpha value is -1.50. The Morgan fingerprint density at radius 1 is 1.22 bits per heavy atom. The quantitative estimate of drug-likeness (QED) is 0.748. The molecule has 0 heterocycles. The summed E-state index contributed by atoms with van der Waals surface area (Å²) in [6, 6.07) is 0. The molecular formula is C14H19NO3. The lowest BCUT2D eigenvalue weighted by molar-refractivity contribution is -0.141. The lowest BCUT2D eigenvalue weighted by atomic mass is 10.0. The first-order valence-electron chi connectivity index (χ1n) is 6.57. The molecule has 2 aliphatic rings. The van der Waals surface area contributed by atoms with E-state index in [0.717, 1.165) is 6.54 Å². The maximum absolute atomic E-state index is 12.3. The van der Waals surface area contributed by atoms with E-state index in [2.05, 4.69) is 5.92 Å². The molecule has 0 bridgehead atoms. The number of carbonyl (C=O) groups excluding carboxylic acids is 1. The summed E-state index contributed by atoms with van der Waals surface area (Å²) in [6.07, 6.45) is 9.42. The maximum Gasteiger partial charge on any atom is 0.306 e. The highest BCUT2D eigenvalue weighted by Crippen LogP contribution is 2.34. The van der Waals surface area contributed by atoms with Crippen molar-refractivity contribution < 1.29 is 14.7 Å². The average molecular weight is 249 g/mol. The summed E-state index contributed by atoms with van der Waals surface area (Å²) < 4.78 is 0. The third-order valence-electron chi connectivity index (χ3n) is 3.90. The zero-order valence-corrected chi connectivity index (χ0v) is 10.5. The minimum absolute atomic E-state index is 0.0589. The summed E-state index contributed by atoms with van der Waals surface area (Å²) in [5.74, 6) is 1.92. The van der Waals surface area contributed by atoms with Gasteiger partial charge in [0, 0.05) is 12.5 Å². The number of nitrogens with zero attached hydrogens (tertiary/aromatic N) is 1. The average Bonchev–Trinajstić information content (AvgIpc) is 3.01. The number of carboxylic acid groups (broad SMARTS) is 1. The van der Waals surface area contributed by atoms with Crippen LogP contribution in [0.5, 0.6) is 0 Å². The van der Waals surface area contributed by atoms with Crippen molar-refractivity contribution in [1.82, 2.24) is 4.90 Å². The highest BCUT2D eigenvalue weighted by molar-refractivity contribution is 5.81. The van der Waals surface area contributed by atoms with E-state index in [4.69, 9.17) is 11.5 Å². The molecule has 0 spiro atoms. The van der Waals surface area contributed by atoms with Crippen LogP contribution in [0.4, 0.5) is 0 Å². The summed E-state index contributed by atoms with van der Waals surface area (Å²) in [4.78, 5) is 24.9. The van der Waals surface area contributed by atoms with Gasteiger partial charge in [-0.15, -0.1) is 6.42 Å². The highest BCUT2D eigenvalue weighted by Gasteiger charge is 2.37. The van der Waals surface area contributed by atoms with Crippen LogP contribution in [-0.4, -0.2) is 35.0 Å². The maximum atomic E-state index is 12.3. The second kappa shape index (κ2) is 5.43. The molecule has 0 aromatic rings. The Balaban J connectivity index is 1.91.